The molecule has 0 bridgehead atoms. The summed E-state index contributed by atoms with van der Waals surface area (Å²) < 4.78 is 0. The van der Waals surface area contributed by atoms with Gasteiger partial charge in [0.05, 0.1) is 5.57 Å². The molecule has 0 N–H and O–H groups in total. The number of benzene rings is 2. The smallest absolute Gasteiger partial charge is 0.277 e. The van der Waals surface area contributed by atoms with Gasteiger partial charge in [-0.3, -0.25) is 14.5 Å². The van der Waals surface area contributed by atoms with Crippen LogP contribution in [-0.2, 0) is 16.1 Å². The van der Waals surface area contributed by atoms with Gasteiger partial charge < -0.3 is 4.90 Å². The van der Waals surface area contributed by atoms with Gasteiger partial charge >= 0.3 is 0 Å². The molecule has 0 unspecified atom stereocenters. The van der Waals surface area contributed by atoms with Crippen LogP contribution in [0.5, 0.6) is 0 Å². The molecule has 170 valence electrons. The van der Waals surface area contributed by atoms with Gasteiger partial charge in [0.25, 0.3) is 11.8 Å². The minimum Gasteiger partial charge on any atom is -0.365 e. The van der Waals surface area contributed by atoms with E-state index < -0.39 is 0 Å². The van der Waals surface area contributed by atoms with Crippen LogP contribution in [0.1, 0.15) is 67.7 Å². The molecule has 0 radical (unpaired) electrons. The summed E-state index contributed by atoms with van der Waals surface area (Å²) in [7, 11) is 1.91. The Bertz CT molecular complexity index is 978. The van der Waals surface area contributed by atoms with Crippen LogP contribution in [-0.4, -0.2) is 35.2 Å². The molecule has 0 fully saturated rings. The summed E-state index contributed by atoms with van der Waals surface area (Å²) in [4.78, 5) is 30.3. The van der Waals surface area contributed by atoms with Gasteiger partial charge in [-0.15, -0.1) is 0 Å². The van der Waals surface area contributed by atoms with E-state index in [4.69, 9.17) is 0 Å². The summed E-state index contributed by atoms with van der Waals surface area (Å²) in [6, 6.07) is 16.1. The zero-order chi connectivity index (χ0) is 23.1. The molecule has 4 nitrogen and oxygen atoms in total. The van der Waals surface area contributed by atoms with E-state index in [0.717, 1.165) is 36.0 Å². The SMILES string of the molecule is CCCCCCCCN1C(=O)C(c2ccc(C)c(C)c2)=C(N(C)Cc2ccccc2)C1=O. The summed E-state index contributed by atoms with van der Waals surface area (Å²) >= 11 is 0. The third-order valence-electron chi connectivity index (χ3n) is 6.32. The van der Waals surface area contributed by atoms with Crippen LogP contribution in [0.2, 0.25) is 0 Å². The molecule has 1 heterocycles. The van der Waals surface area contributed by atoms with Gasteiger partial charge in [-0.1, -0.05) is 87.6 Å². The predicted molar refractivity (Wildman–Crippen MR) is 131 cm³/mol. The highest BCUT2D eigenvalue weighted by Crippen LogP contribution is 2.33. The zero-order valence-electron chi connectivity index (χ0n) is 20.0. The number of hydrogen-bond acceptors (Lipinski definition) is 3. The Balaban J connectivity index is 1.86. The van der Waals surface area contributed by atoms with E-state index in [1.807, 2.05) is 67.4 Å². The fourth-order valence-corrected chi connectivity index (χ4v) is 4.26. The molecule has 1 aliphatic rings. The first-order valence-corrected chi connectivity index (χ1v) is 11.9. The molecule has 0 saturated heterocycles. The third-order valence-corrected chi connectivity index (χ3v) is 6.32. The fraction of sp³-hybridized carbons (Fsp3) is 0.429. The lowest BCUT2D eigenvalue weighted by Crippen LogP contribution is -2.34. The molecule has 2 aromatic carbocycles. The Morgan fingerprint density at radius 2 is 1.50 bits per heavy atom. The van der Waals surface area contributed by atoms with Crippen molar-refractivity contribution in [2.45, 2.75) is 65.8 Å². The highest BCUT2D eigenvalue weighted by atomic mass is 16.2. The molecule has 4 heteroatoms. The van der Waals surface area contributed by atoms with Gasteiger partial charge in [0.15, 0.2) is 0 Å². The summed E-state index contributed by atoms with van der Waals surface area (Å²) in [6.07, 6.45) is 6.73. The topological polar surface area (TPSA) is 40.6 Å². The second kappa shape index (κ2) is 11.1. The minimum atomic E-state index is -0.171. The summed E-state index contributed by atoms with van der Waals surface area (Å²) in [5.41, 5.74) is 5.27. The third kappa shape index (κ3) is 5.48. The Kier molecular flexibility index (Phi) is 8.26. The molecule has 32 heavy (non-hydrogen) atoms. The van der Waals surface area contributed by atoms with Gasteiger partial charge in [-0.25, -0.2) is 0 Å². The maximum absolute atomic E-state index is 13.5. The molecule has 0 aromatic heterocycles. The zero-order valence-corrected chi connectivity index (χ0v) is 20.0. The van der Waals surface area contributed by atoms with Crippen LogP contribution in [0, 0.1) is 13.8 Å². The van der Waals surface area contributed by atoms with Crippen molar-refractivity contribution in [2.24, 2.45) is 0 Å². The van der Waals surface area contributed by atoms with Crippen molar-refractivity contribution < 1.29 is 9.59 Å². The monoisotopic (exact) mass is 432 g/mol. The first kappa shape index (κ1) is 23.8. The van der Waals surface area contributed by atoms with E-state index in [9.17, 15) is 9.59 Å². The summed E-state index contributed by atoms with van der Waals surface area (Å²) in [6.45, 7) is 7.37. The second-order valence-corrected chi connectivity index (χ2v) is 8.89. The average Bonchev–Trinajstić information content (AvgIpc) is 3.03. The van der Waals surface area contributed by atoms with Gasteiger partial charge in [0, 0.05) is 20.1 Å². The molecule has 0 saturated carbocycles. The number of hydrogen-bond donors (Lipinski definition) is 0. The summed E-state index contributed by atoms with van der Waals surface area (Å²) in [5.74, 6) is -0.336. The maximum atomic E-state index is 13.5. The molecule has 2 aromatic rings. The lowest BCUT2D eigenvalue weighted by atomic mass is 9.99. The first-order valence-electron chi connectivity index (χ1n) is 11.9. The first-order chi connectivity index (χ1) is 15.4. The number of amides is 2. The van der Waals surface area contributed by atoms with Crippen molar-refractivity contribution in [2.75, 3.05) is 13.6 Å². The number of aryl methyl sites for hydroxylation is 2. The van der Waals surface area contributed by atoms with E-state index in [2.05, 4.69) is 13.8 Å². The Morgan fingerprint density at radius 1 is 0.812 bits per heavy atom. The van der Waals surface area contributed by atoms with Crippen molar-refractivity contribution in [3.8, 4) is 0 Å². The second-order valence-electron chi connectivity index (χ2n) is 8.89. The normalized spacial score (nSPS) is 13.9. The van der Waals surface area contributed by atoms with E-state index in [1.54, 1.807) is 0 Å². The molecular formula is C28H36N2O2. The van der Waals surface area contributed by atoms with Gasteiger partial charge in [0.2, 0.25) is 0 Å². The van der Waals surface area contributed by atoms with E-state index in [-0.39, 0.29) is 11.8 Å². The predicted octanol–water partition coefficient (Wildman–Crippen LogP) is 5.88. The van der Waals surface area contributed by atoms with Gasteiger partial charge in [-0.2, -0.15) is 0 Å². The fourth-order valence-electron chi connectivity index (χ4n) is 4.26. The van der Waals surface area contributed by atoms with E-state index in [1.165, 1.54) is 29.7 Å². The van der Waals surface area contributed by atoms with Gasteiger partial charge in [-0.05, 0) is 42.5 Å². The minimum absolute atomic E-state index is 0.165. The van der Waals surface area contributed by atoms with Crippen molar-refractivity contribution in [3.63, 3.8) is 0 Å². The van der Waals surface area contributed by atoms with Crippen molar-refractivity contribution >= 4 is 17.4 Å². The Labute approximate surface area is 192 Å². The number of nitrogens with zero attached hydrogens (tertiary/aromatic N) is 2. The van der Waals surface area contributed by atoms with Crippen LogP contribution in [0.15, 0.2) is 54.2 Å². The Morgan fingerprint density at radius 3 is 2.19 bits per heavy atom. The summed E-state index contributed by atoms with van der Waals surface area (Å²) in [5, 5.41) is 0. The number of carbonyl (C=O) groups excluding carboxylic acids is 2. The van der Waals surface area contributed by atoms with Crippen LogP contribution < -0.4 is 0 Å². The average molecular weight is 433 g/mol. The van der Waals surface area contributed by atoms with Crippen LogP contribution in [0.4, 0.5) is 0 Å². The largest absolute Gasteiger partial charge is 0.365 e. The van der Waals surface area contributed by atoms with Crippen LogP contribution >= 0.6 is 0 Å². The van der Waals surface area contributed by atoms with Crippen molar-refractivity contribution in [1.82, 2.24) is 9.80 Å². The number of unbranched alkanes of at least 4 members (excludes halogenated alkanes) is 5. The van der Waals surface area contributed by atoms with Crippen molar-refractivity contribution in [1.29, 1.82) is 0 Å². The molecule has 0 aliphatic carbocycles. The molecule has 0 spiro atoms. The van der Waals surface area contributed by atoms with E-state index in [0.29, 0.717) is 24.4 Å². The van der Waals surface area contributed by atoms with E-state index >= 15 is 0 Å². The number of rotatable bonds is 11. The number of carbonyl (C=O) groups is 2. The van der Waals surface area contributed by atoms with Crippen LogP contribution in [0.3, 0.4) is 0 Å². The number of likely N-dealkylation sites (N-methyl/N-ethyl adjacent to an activating group) is 1. The maximum Gasteiger partial charge on any atom is 0.277 e. The lowest BCUT2D eigenvalue weighted by Gasteiger charge is -2.21. The molecule has 1 aliphatic heterocycles. The molecule has 3 rings (SSSR count). The molecule has 2 amide bonds. The molecular weight excluding hydrogens is 396 g/mol. The quantitative estimate of drug-likeness (QED) is 0.329. The van der Waals surface area contributed by atoms with Crippen LogP contribution in [0.25, 0.3) is 5.57 Å². The number of imide groups is 1. The highest BCUT2D eigenvalue weighted by molar-refractivity contribution is 6.35. The van der Waals surface area contributed by atoms with Gasteiger partial charge in [0.1, 0.15) is 5.70 Å². The Hall–Kier alpha value is -2.88. The molecule has 0 atom stereocenters. The highest BCUT2D eigenvalue weighted by Gasteiger charge is 2.40. The van der Waals surface area contributed by atoms with Crippen molar-refractivity contribution in [3.05, 3.63) is 76.5 Å². The standard InChI is InChI=1S/C28H36N2O2/c1-5-6-7-8-9-13-18-30-27(31)25(24-17-16-21(2)22(3)19-24)26(28(30)32)29(4)20-23-14-11-10-12-15-23/h10-12,14-17,19H,5-9,13,18,20H2,1-4H3. The lowest BCUT2D eigenvalue weighted by molar-refractivity contribution is -0.137.